The fraction of sp³-hybridized carbons (Fsp3) is 0.526. The lowest BCUT2D eigenvalue weighted by atomic mass is 9.97. The van der Waals surface area contributed by atoms with Gasteiger partial charge in [-0.2, -0.15) is 4.98 Å². The van der Waals surface area contributed by atoms with Crippen molar-refractivity contribution in [2.75, 3.05) is 19.7 Å². The Kier molecular flexibility index (Phi) is 4.86. The smallest absolute Gasteiger partial charge is 0.231 e. The first kappa shape index (κ1) is 17.0. The molecular weight excluding hydrogens is 337 g/mol. The summed E-state index contributed by atoms with van der Waals surface area (Å²) in [5.74, 6) is 2.16. The molecule has 1 aromatic heterocycles. The summed E-state index contributed by atoms with van der Waals surface area (Å²) >= 11 is 0. The molecule has 2 heterocycles. The van der Waals surface area contributed by atoms with Crippen LogP contribution in [-0.2, 0) is 11.2 Å². The fourth-order valence-electron chi connectivity index (χ4n) is 3.29. The topological polar surface area (TPSA) is 68.5 Å². The fourth-order valence-corrected chi connectivity index (χ4v) is 3.29. The molecule has 6 nitrogen and oxygen atoms in total. The van der Waals surface area contributed by atoms with Gasteiger partial charge in [-0.3, -0.25) is 4.79 Å². The average molecular weight is 359 g/mol. The molecular formula is C19H22FN3O3. The van der Waals surface area contributed by atoms with Gasteiger partial charge in [-0.25, -0.2) is 4.39 Å². The zero-order chi connectivity index (χ0) is 17.9. The van der Waals surface area contributed by atoms with E-state index >= 15 is 0 Å². The predicted molar refractivity (Wildman–Crippen MR) is 91.2 cm³/mol. The summed E-state index contributed by atoms with van der Waals surface area (Å²) in [5, 5.41) is 4.02. The molecule has 1 aliphatic heterocycles. The zero-order valence-corrected chi connectivity index (χ0v) is 14.6. The molecule has 7 heteroatoms. The zero-order valence-electron chi connectivity index (χ0n) is 14.6. The van der Waals surface area contributed by atoms with Crippen molar-refractivity contribution in [3.63, 3.8) is 0 Å². The Balaban J connectivity index is 1.29. The van der Waals surface area contributed by atoms with E-state index in [1.807, 2.05) is 4.90 Å². The lowest BCUT2D eigenvalue weighted by molar-refractivity contribution is -0.133. The maximum Gasteiger partial charge on any atom is 0.231 e. The molecule has 4 rings (SSSR count). The SMILES string of the molecule is O=C(C1CC1)N1CCCC(c2nc(CCOc3ccc(F)cc3)no2)C1. The highest BCUT2D eigenvalue weighted by molar-refractivity contribution is 5.81. The van der Waals surface area contributed by atoms with Crippen molar-refractivity contribution in [2.45, 2.75) is 38.0 Å². The van der Waals surface area contributed by atoms with Crippen LogP contribution in [0, 0.1) is 11.7 Å². The molecule has 26 heavy (non-hydrogen) atoms. The van der Waals surface area contributed by atoms with Crippen molar-refractivity contribution < 1.29 is 18.4 Å². The van der Waals surface area contributed by atoms with Crippen molar-refractivity contribution in [3.05, 3.63) is 41.8 Å². The van der Waals surface area contributed by atoms with E-state index in [-0.39, 0.29) is 23.6 Å². The Morgan fingerprint density at radius 3 is 2.85 bits per heavy atom. The van der Waals surface area contributed by atoms with Gasteiger partial charge in [0, 0.05) is 25.4 Å². The van der Waals surface area contributed by atoms with Gasteiger partial charge in [0.1, 0.15) is 11.6 Å². The third-order valence-corrected chi connectivity index (χ3v) is 4.90. The van der Waals surface area contributed by atoms with E-state index in [0.717, 1.165) is 32.2 Å². The van der Waals surface area contributed by atoms with Crippen LogP contribution in [0.3, 0.4) is 0 Å². The molecule has 138 valence electrons. The molecule has 1 aliphatic carbocycles. The van der Waals surface area contributed by atoms with Gasteiger partial charge in [-0.05, 0) is 49.9 Å². The number of hydrogen-bond donors (Lipinski definition) is 0. The second kappa shape index (κ2) is 7.43. The van der Waals surface area contributed by atoms with Crippen molar-refractivity contribution in [1.82, 2.24) is 15.0 Å². The molecule has 1 aromatic carbocycles. The Labute approximate surface area is 151 Å². The summed E-state index contributed by atoms with van der Waals surface area (Å²) in [6, 6.07) is 5.90. The van der Waals surface area contributed by atoms with Gasteiger partial charge in [0.05, 0.1) is 12.5 Å². The summed E-state index contributed by atoms with van der Waals surface area (Å²) in [4.78, 5) is 18.7. The number of rotatable bonds is 6. The number of ether oxygens (including phenoxy) is 1. The lowest BCUT2D eigenvalue weighted by Gasteiger charge is -2.31. The van der Waals surface area contributed by atoms with Crippen LogP contribution in [0.4, 0.5) is 4.39 Å². The third kappa shape index (κ3) is 4.03. The molecule has 0 radical (unpaired) electrons. The minimum absolute atomic E-state index is 0.116. The molecule has 1 saturated heterocycles. The van der Waals surface area contributed by atoms with E-state index in [0.29, 0.717) is 37.0 Å². The molecule has 0 N–H and O–H groups in total. The highest BCUT2D eigenvalue weighted by atomic mass is 19.1. The summed E-state index contributed by atoms with van der Waals surface area (Å²) < 4.78 is 23.8. The van der Waals surface area contributed by atoms with E-state index < -0.39 is 0 Å². The van der Waals surface area contributed by atoms with Gasteiger partial charge in [0.2, 0.25) is 11.8 Å². The number of likely N-dealkylation sites (tertiary alicyclic amines) is 1. The van der Waals surface area contributed by atoms with Gasteiger partial charge >= 0.3 is 0 Å². The van der Waals surface area contributed by atoms with Crippen molar-refractivity contribution in [2.24, 2.45) is 5.92 Å². The van der Waals surface area contributed by atoms with Gasteiger partial charge in [-0.1, -0.05) is 5.16 Å². The van der Waals surface area contributed by atoms with Gasteiger partial charge in [-0.15, -0.1) is 0 Å². The number of halogens is 1. The van der Waals surface area contributed by atoms with Crippen LogP contribution >= 0.6 is 0 Å². The van der Waals surface area contributed by atoms with Gasteiger partial charge < -0.3 is 14.2 Å². The maximum absolute atomic E-state index is 12.9. The molecule has 1 atom stereocenters. The standard InChI is InChI=1S/C19H22FN3O3/c20-15-5-7-16(8-6-15)25-11-9-17-21-18(26-22-17)14-2-1-10-23(12-14)19(24)13-3-4-13/h5-8,13-14H,1-4,9-12H2. The van der Waals surface area contributed by atoms with Crippen LogP contribution in [-0.4, -0.2) is 40.6 Å². The number of hydrogen-bond acceptors (Lipinski definition) is 5. The quantitative estimate of drug-likeness (QED) is 0.793. The van der Waals surface area contributed by atoms with Crippen molar-refractivity contribution in [1.29, 1.82) is 0 Å². The first-order chi connectivity index (χ1) is 12.7. The van der Waals surface area contributed by atoms with E-state index in [4.69, 9.17) is 9.26 Å². The summed E-state index contributed by atoms with van der Waals surface area (Å²) in [7, 11) is 0. The van der Waals surface area contributed by atoms with E-state index in [2.05, 4.69) is 10.1 Å². The molecule has 1 saturated carbocycles. The monoisotopic (exact) mass is 359 g/mol. The van der Waals surface area contributed by atoms with E-state index in [1.165, 1.54) is 12.1 Å². The van der Waals surface area contributed by atoms with Gasteiger partial charge in [0.25, 0.3) is 0 Å². The molecule has 2 fully saturated rings. The molecule has 2 aliphatic rings. The number of carbonyl (C=O) groups excluding carboxylic acids is 1. The highest BCUT2D eigenvalue weighted by Crippen LogP contribution is 2.34. The number of amides is 1. The molecule has 0 bridgehead atoms. The van der Waals surface area contributed by atoms with Crippen LogP contribution in [0.1, 0.15) is 43.3 Å². The number of nitrogens with zero attached hydrogens (tertiary/aromatic N) is 3. The normalized spacial score (nSPS) is 20.2. The number of aromatic nitrogens is 2. The summed E-state index contributed by atoms with van der Waals surface area (Å²) in [6.45, 7) is 1.89. The third-order valence-electron chi connectivity index (χ3n) is 4.90. The second-order valence-corrected chi connectivity index (χ2v) is 7.00. The maximum atomic E-state index is 12.9. The van der Waals surface area contributed by atoms with E-state index in [9.17, 15) is 9.18 Å². The van der Waals surface area contributed by atoms with Crippen LogP contribution in [0.15, 0.2) is 28.8 Å². The van der Waals surface area contributed by atoms with E-state index in [1.54, 1.807) is 12.1 Å². The summed E-state index contributed by atoms with van der Waals surface area (Å²) in [6.07, 6.45) is 4.49. The molecule has 1 amide bonds. The summed E-state index contributed by atoms with van der Waals surface area (Å²) in [5.41, 5.74) is 0. The minimum Gasteiger partial charge on any atom is -0.493 e. The molecule has 1 unspecified atom stereocenters. The Bertz CT molecular complexity index is 758. The van der Waals surface area contributed by atoms with Crippen LogP contribution in [0.2, 0.25) is 0 Å². The largest absolute Gasteiger partial charge is 0.493 e. The molecule has 2 aromatic rings. The first-order valence-electron chi connectivity index (χ1n) is 9.18. The Morgan fingerprint density at radius 2 is 2.08 bits per heavy atom. The Morgan fingerprint density at radius 1 is 1.27 bits per heavy atom. The predicted octanol–water partition coefficient (Wildman–Crippen LogP) is 2.95. The van der Waals surface area contributed by atoms with Crippen molar-refractivity contribution >= 4 is 5.91 Å². The molecule has 0 spiro atoms. The Hall–Kier alpha value is -2.44. The first-order valence-corrected chi connectivity index (χ1v) is 9.18. The van der Waals surface area contributed by atoms with Gasteiger partial charge in [0.15, 0.2) is 5.82 Å². The lowest BCUT2D eigenvalue weighted by Crippen LogP contribution is -2.40. The van der Waals surface area contributed by atoms with Crippen LogP contribution in [0.25, 0.3) is 0 Å². The van der Waals surface area contributed by atoms with Crippen LogP contribution in [0.5, 0.6) is 5.75 Å². The van der Waals surface area contributed by atoms with Crippen LogP contribution < -0.4 is 4.74 Å². The minimum atomic E-state index is -0.290. The average Bonchev–Trinajstić information content (AvgIpc) is 3.41. The highest BCUT2D eigenvalue weighted by Gasteiger charge is 2.36. The van der Waals surface area contributed by atoms with Crippen molar-refractivity contribution in [3.8, 4) is 5.75 Å². The second-order valence-electron chi connectivity index (χ2n) is 7.00. The number of piperidine rings is 1. The number of carbonyl (C=O) groups is 1. The number of benzene rings is 1.